The highest BCUT2D eigenvalue weighted by atomic mass is 35.5. The summed E-state index contributed by atoms with van der Waals surface area (Å²) in [5.74, 6) is 0.527. The van der Waals surface area contributed by atoms with Crippen molar-refractivity contribution in [1.29, 1.82) is 0 Å². The van der Waals surface area contributed by atoms with Crippen LogP contribution in [-0.4, -0.2) is 88.7 Å². The molecule has 2 N–H and O–H groups in total. The fraction of sp³-hybridized carbons (Fsp3) is 0.310. The molecule has 1 fully saturated rings. The summed E-state index contributed by atoms with van der Waals surface area (Å²) in [5, 5.41) is 6.59. The lowest BCUT2D eigenvalue weighted by Gasteiger charge is -2.37. The van der Waals surface area contributed by atoms with Gasteiger partial charge in [0, 0.05) is 62.8 Å². The highest BCUT2D eigenvalue weighted by Crippen LogP contribution is 2.27. The molecule has 0 aliphatic carbocycles. The molecule has 0 radical (unpaired) electrons. The molecule has 212 valence electrons. The number of hydrogen-bond acceptors (Lipinski definition) is 8. The first-order valence-electron chi connectivity index (χ1n) is 13.4. The van der Waals surface area contributed by atoms with E-state index in [1.807, 2.05) is 18.2 Å². The summed E-state index contributed by atoms with van der Waals surface area (Å²) in [6.45, 7) is 5.79. The Balaban J connectivity index is 1.28. The van der Waals surface area contributed by atoms with Crippen LogP contribution in [0.5, 0.6) is 0 Å². The van der Waals surface area contributed by atoms with Crippen LogP contribution in [0.4, 0.5) is 11.6 Å². The number of imide groups is 1. The predicted octanol–water partition coefficient (Wildman–Crippen LogP) is 2.68. The van der Waals surface area contributed by atoms with E-state index < -0.39 is 17.9 Å². The molecule has 0 spiro atoms. The zero-order chi connectivity index (χ0) is 29.1. The Labute approximate surface area is 242 Å². The minimum absolute atomic E-state index is 0.109. The van der Waals surface area contributed by atoms with Crippen LogP contribution in [0.3, 0.4) is 0 Å². The second kappa shape index (κ2) is 11.9. The SMILES string of the molecule is CC(=O)NCCNc1cc(N2CCN(C(=O)C(C)N3C(=O)c4ccccc4C3=O)CC2)nc(-c2ccc(Cl)cc2)n1. The van der Waals surface area contributed by atoms with E-state index in [9.17, 15) is 19.2 Å². The van der Waals surface area contributed by atoms with Gasteiger partial charge in [0.25, 0.3) is 11.8 Å². The highest BCUT2D eigenvalue weighted by Gasteiger charge is 2.42. The Hall–Kier alpha value is -4.51. The van der Waals surface area contributed by atoms with E-state index in [0.717, 1.165) is 10.5 Å². The number of amides is 4. The maximum Gasteiger partial charge on any atom is 0.262 e. The van der Waals surface area contributed by atoms with Crippen molar-refractivity contribution in [2.75, 3.05) is 49.5 Å². The van der Waals surface area contributed by atoms with Crippen LogP contribution >= 0.6 is 11.6 Å². The first-order valence-corrected chi connectivity index (χ1v) is 13.7. The fourth-order valence-electron chi connectivity index (χ4n) is 4.93. The van der Waals surface area contributed by atoms with Gasteiger partial charge in [0.05, 0.1) is 11.1 Å². The second-order valence-electron chi connectivity index (χ2n) is 9.87. The maximum absolute atomic E-state index is 13.4. The lowest BCUT2D eigenvalue weighted by atomic mass is 10.1. The van der Waals surface area contributed by atoms with Gasteiger partial charge in [-0.3, -0.25) is 24.1 Å². The number of piperazine rings is 1. The van der Waals surface area contributed by atoms with E-state index in [4.69, 9.17) is 16.6 Å². The number of carbonyl (C=O) groups is 4. The van der Waals surface area contributed by atoms with Crippen molar-refractivity contribution in [3.05, 3.63) is 70.7 Å². The number of carbonyl (C=O) groups excluding carboxylic acids is 4. The van der Waals surface area contributed by atoms with E-state index in [-0.39, 0.29) is 11.8 Å². The molecule has 0 saturated carbocycles. The molecule has 5 rings (SSSR count). The Morgan fingerprint density at radius 1 is 0.927 bits per heavy atom. The number of nitrogens with one attached hydrogen (secondary N) is 2. The van der Waals surface area contributed by atoms with Crippen LogP contribution in [0, 0.1) is 0 Å². The van der Waals surface area contributed by atoms with E-state index in [1.54, 1.807) is 48.2 Å². The minimum Gasteiger partial charge on any atom is -0.368 e. The molecule has 2 aromatic carbocycles. The standard InChI is InChI=1S/C29H30ClN7O4/c1-18(37-28(40)22-5-3-4-6-23(22)29(37)41)27(39)36-15-13-35(14-16-36)25-17-24(32-12-11-31-19(2)38)33-26(34-25)20-7-9-21(30)10-8-20/h3-10,17-18H,11-16H2,1-2H3,(H,31,38)(H,32,33,34). The van der Waals surface area contributed by atoms with Gasteiger partial charge in [0.2, 0.25) is 11.8 Å². The van der Waals surface area contributed by atoms with Crippen molar-refractivity contribution in [1.82, 2.24) is 25.1 Å². The molecule has 3 heterocycles. The number of anilines is 2. The van der Waals surface area contributed by atoms with E-state index >= 15 is 0 Å². The third-order valence-electron chi connectivity index (χ3n) is 7.11. The summed E-state index contributed by atoms with van der Waals surface area (Å²) in [7, 11) is 0. The average Bonchev–Trinajstić information content (AvgIpc) is 3.24. The van der Waals surface area contributed by atoms with Crippen molar-refractivity contribution in [2.24, 2.45) is 0 Å². The Morgan fingerprint density at radius 3 is 2.17 bits per heavy atom. The molecule has 11 nitrogen and oxygen atoms in total. The molecule has 1 unspecified atom stereocenters. The van der Waals surface area contributed by atoms with Crippen LogP contribution in [0.1, 0.15) is 34.6 Å². The molecule has 1 aromatic heterocycles. The molecule has 0 bridgehead atoms. The average molecular weight is 576 g/mol. The highest BCUT2D eigenvalue weighted by molar-refractivity contribution is 6.30. The number of halogens is 1. The van der Waals surface area contributed by atoms with Crippen LogP contribution in [0.15, 0.2) is 54.6 Å². The molecule has 2 aliphatic heterocycles. The number of nitrogens with zero attached hydrogens (tertiary/aromatic N) is 5. The Morgan fingerprint density at radius 2 is 1.56 bits per heavy atom. The van der Waals surface area contributed by atoms with Crippen LogP contribution in [-0.2, 0) is 9.59 Å². The summed E-state index contributed by atoms with van der Waals surface area (Å²) >= 11 is 6.07. The van der Waals surface area contributed by atoms with Gasteiger partial charge in [-0.1, -0.05) is 23.7 Å². The first-order chi connectivity index (χ1) is 19.7. The topological polar surface area (TPSA) is 128 Å². The maximum atomic E-state index is 13.4. The quantitative estimate of drug-likeness (QED) is 0.310. The first kappa shape index (κ1) is 28.0. The third-order valence-corrected chi connectivity index (χ3v) is 7.36. The van der Waals surface area contributed by atoms with Crippen LogP contribution in [0.25, 0.3) is 11.4 Å². The number of rotatable bonds is 8. The summed E-state index contributed by atoms with van der Waals surface area (Å²) in [6, 6.07) is 14.8. The van der Waals surface area contributed by atoms with Gasteiger partial charge in [0.1, 0.15) is 17.7 Å². The van der Waals surface area contributed by atoms with E-state index in [0.29, 0.717) is 72.9 Å². The van der Waals surface area contributed by atoms with E-state index in [1.165, 1.54) is 6.92 Å². The lowest BCUT2D eigenvalue weighted by Crippen LogP contribution is -2.55. The largest absolute Gasteiger partial charge is 0.368 e. The Kier molecular flexibility index (Phi) is 8.16. The molecule has 4 amide bonds. The molecule has 41 heavy (non-hydrogen) atoms. The van der Waals surface area contributed by atoms with Crippen molar-refractivity contribution >= 4 is 46.9 Å². The van der Waals surface area contributed by atoms with Gasteiger partial charge in [0.15, 0.2) is 5.82 Å². The molecule has 1 atom stereocenters. The van der Waals surface area contributed by atoms with Crippen molar-refractivity contribution in [3.63, 3.8) is 0 Å². The van der Waals surface area contributed by atoms with Crippen molar-refractivity contribution < 1.29 is 19.2 Å². The van der Waals surface area contributed by atoms with Crippen molar-refractivity contribution in [3.8, 4) is 11.4 Å². The van der Waals surface area contributed by atoms with Gasteiger partial charge in [-0.05, 0) is 43.3 Å². The normalized spacial score (nSPS) is 15.5. The van der Waals surface area contributed by atoms with Gasteiger partial charge >= 0.3 is 0 Å². The van der Waals surface area contributed by atoms with Crippen LogP contribution in [0.2, 0.25) is 5.02 Å². The summed E-state index contributed by atoms with van der Waals surface area (Å²) in [4.78, 5) is 64.6. The number of aromatic nitrogens is 2. The van der Waals surface area contributed by atoms with Crippen LogP contribution < -0.4 is 15.5 Å². The smallest absolute Gasteiger partial charge is 0.262 e. The zero-order valence-electron chi connectivity index (χ0n) is 22.8. The molecule has 12 heteroatoms. The van der Waals surface area contributed by atoms with Gasteiger partial charge in [-0.25, -0.2) is 9.97 Å². The predicted molar refractivity (Wildman–Crippen MR) is 155 cm³/mol. The molecule has 2 aliphatic rings. The zero-order valence-corrected chi connectivity index (χ0v) is 23.5. The van der Waals surface area contributed by atoms with Crippen molar-refractivity contribution in [2.45, 2.75) is 19.9 Å². The molecule has 1 saturated heterocycles. The van der Waals surface area contributed by atoms with Gasteiger partial charge < -0.3 is 20.4 Å². The molecule has 3 aromatic rings. The minimum atomic E-state index is -0.913. The van der Waals surface area contributed by atoms with Gasteiger partial charge in [-0.15, -0.1) is 0 Å². The molecular formula is C29H30ClN7O4. The number of hydrogen-bond donors (Lipinski definition) is 2. The second-order valence-corrected chi connectivity index (χ2v) is 10.3. The number of fused-ring (bicyclic) bond motifs is 1. The lowest BCUT2D eigenvalue weighted by molar-refractivity contribution is -0.135. The van der Waals surface area contributed by atoms with Gasteiger partial charge in [-0.2, -0.15) is 0 Å². The molecular weight excluding hydrogens is 546 g/mol. The Bertz CT molecular complexity index is 1450. The summed E-state index contributed by atoms with van der Waals surface area (Å²) in [6.07, 6.45) is 0. The number of benzene rings is 2. The monoisotopic (exact) mass is 575 g/mol. The van der Waals surface area contributed by atoms with E-state index in [2.05, 4.69) is 20.5 Å². The summed E-state index contributed by atoms with van der Waals surface area (Å²) in [5.41, 5.74) is 1.44. The summed E-state index contributed by atoms with van der Waals surface area (Å²) < 4.78 is 0. The fourth-order valence-corrected chi connectivity index (χ4v) is 5.06. The third kappa shape index (κ3) is 5.99.